The molecule has 0 bridgehead atoms. The summed E-state index contributed by atoms with van der Waals surface area (Å²) in [6, 6.07) is 7.37. The Hall–Kier alpha value is -1.59. The summed E-state index contributed by atoms with van der Waals surface area (Å²) >= 11 is 0. The van der Waals surface area contributed by atoms with Crippen molar-refractivity contribution < 1.29 is 9.53 Å². The number of methoxy groups -OCH3 is 1. The van der Waals surface area contributed by atoms with Gasteiger partial charge in [-0.25, -0.2) is 0 Å². The van der Waals surface area contributed by atoms with E-state index in [-0.39, 0.29) is 5.91 Å². The Kier molecular flexibility index (Phi) is 6.02. The SMILES string of the molecule is COc1cccc(C(=O)N2CCCN(CCCN)CC2)c1. The fraction of sp³-hybridized carbons (Fsp3) is 0.562. The van der Waals surface area contributed by atoms with Crippen molar-refractivity contribution >= 4 is 5.91 Å². The topological polar surface area (TPSA) is 58.8 Å². The Morgan fingerprint density at radius 2 is 2.14 bits per heavy atom. The number of hydrogen-bond donors (Lipinski definition) is 1. The number of hydrogen-bond acceptors (Lipinski definition) is 4. The molecular formula is C16H25N3O2. The molecule has 0 aliphatic carbocycles. The maximum absolute atomic E-state index is 12.6. The first-order valence-electron chi connectivity index (χ1n) is 7.60. The zero-order chi connectivity index (χ0) is 15.1. The van der Waals surface area contributed by atoms with E-state index in [1.807, 2.05) is 23.1 Å². The molecule has 1 fully saturated rings. The lowest BCUT2D eigenvalue weighted by atomic mass is 10.2. The predicted octanol–water partition coefficient (Wildman–Crippen LogP) is 1.19. The highest BCUT2D eigenvalue weighted by atomic mass is 16.5. The minimum atomic E-state index is 0.0922. The summed E-state index contributed by atoms with van der Waals surface area (Å²) in [6.45, 7) is 5.31. The molecule has 116 valence electrons. The Bertz CT molecular complexity index is 465. The van der Waals surface area contributed by atoms with Crippen LogP contribution in [-0.4, -0.2) is 62.1 Å². The van der Waals surface area contributed by atoms with Crippen LogP contribution in [0.4, 0.5) is 0 Å². The third-order valence-electron chi connectivity index (χ3n) is 3.87. The maximum Gasteiger partial charge on any atom is 0.254 e. The van der Waals surface area contributed by atoms with E-state index in [1.54, 1.807) is 13.2 Å². The van der Waals surface area contributed by atoms with Crippen LogP contribution in [0.1, 0.15) is 23.2 Å². The fourth-order valence-corrected chi connectivity index (χ4v) is 2.65. The monoisotopic (exact) mass is 291 g/mol. The van der Waals surface area contributed by atoms with Crippen molar-refractivity contribution in [2.24, 2.45) is 5.73 Å². The second-order valence-corrected chi connectivity index (χ2v) is 5.36. The van der Waals surface area contributed by atoms with Gasteiger partial charge in [0.15, 0.2) is 0 Å². The maximum atomic E-state index is 12.6. The van der Waals surface area contributed by atoms with E-state index in [4.69, 9.17) is 10.5 Å². The van der Waals surface area contributed by atoms with Crippen molar-refractivity contribution in [3.05, 3.63) is 29.8 Å². The molecule has 1 amide bonds. The molecule has 1 aromatic rings. The van der Waals surface area contributed by atoms with Crippen LogP contribution in [0.2, 0.25) is 0 Å². The number of carbonyl (C=O) groups excluding carboxylic acids is 1. The first-order valence-corrected chi connectivity index (χ1v) is 7.60. The van der Waals surface area contributed by atoms with Gasteiger partial charge >= 0.3 is 0 Å². The highest BCUT2D eigenvalue weighted by Crippen LogP contribution is 2.15. The summed E-state index contributed by atoms with van der Waals surface area (Å²) in [6.07, 6.45) is 2.03. The van der Waals surface area contributed by atoms with Crippen LogP contribution in [0.25, 0.3) is 0 Å². The molecule has 0 unspecified atom stereocenters. The summed E-state index contributed by atoms with van der Waals surface area (Å²) in [5.74, 6) is 0.815. The zero-order valence-corrected chi connectivity index (χ0v) is 12.8. The minimum Gasteiger partial charge on any atom is -0.497 e. The highest BCUT2D eigenvalue weighted by Gasteiger charge is 2.20. The molecule has 21 heavy (non-hydrogen) atoms. The van der Waals surface area contributed by atoms with Gasteiger partial charge in [-0.1, -0.05) is 6.07 Å². The molecular weight excluding hydrogens is 266 g/mol. The Morgan fingerprint density at radius 1 is 1.29 bits per heavy atom. The van der Waals surface area contributed by atoms with E-state index in [0.717, 1.165) is 57.9 Å². The van der Waals surface area contributed by atoms with Crippen molar-refractivity contribution in [1.82, 2.24) is 9.80 Å². The average Bonchev–Trinajstić information content (AvgIpc) is 2.78. The number of benzene rings is 1. The molecule has 1 saturated heterocycles. The number of carbonyl (C=O) groups is 1. The molecule has 1 aromatic carbocycles. The standard InChI is InChI=1S/C16H25N3O2/c1-21-15-6-2-5-14(13-15)16(20)19-10-4-9-18(11-12-19)8-3-7-17/h2,5-6,13H,3-4,7-12,17H2,1H3. The van der Waals surface area contributed by atoms with Gasteiger partial charge in [0.1, 0.15) is 5.75 Å². The number of nitrogens with two attached hydrogens (primary N) is 1. The summed E-state index contributed by atoms with van der Waals surface area (Å²) in [7, 11) is 1.62. The quantitative estimate of drug-likeness (QED) is 0.885. The van der Waals surface area contributed by atoms with E-state index in [1.165, 1.54) is 0 Å². The van der Waals surface area contributed by atoms with Gasteiger partial charge in [0.25, 0.3) is 5.91 Å². The number of ether oxygens (including phenoxy) is 1. The molecule has 5 nitrogen and oxygen atoms in total. The van der Waals surface area contributed by atoms with Crippen molar-refractivity contribution in [2.75, 3.05) is 46.4 Å². The lowest BCUT2D eigenvalue weighted by molar-refractivity contribution is 0.0761. The van der Waals surface area contributed by atoms with Crippen molar-refractivity contribution in [3.8, 4) is 5.75 Å². The number of rotatable bonds is 5. The van der Waals surface area contributed by atoms with Crippen molar-refractivity contribution in [1.29, 1.82) is 0 Å². The summed E-state index contributed by atoms with van der Waals surface area (Å²) < 4.78 is 5.19. The van der Waals surface area contributed by atoms with E-state index in [2.05, 4.69) is 4.90 Å². The Labute approximate surface area is 126 Å². The minimum absolute atomic E-state index is 0.0922. The Balaban J connectivity index is 1.96. The van der Waals surface area contributed by atoms with Crippen LogP contribution < -0.4 is 10.5 Å². The van der Waals surface area contributed by atoms with Crippen LogP contribution >= 0.6 is 0 Å². The largest absolute Gasteiger partial charge is 0.497 e. The average molecular weight is 291 g/mol. The lowest BCUT2D eigenvalue weighted by Crippen LogP contribution is -2.35. The molecule has 5 heteroatoms. The molecule has 0 atom stereocenters. The van der Waals surface area contributed by atoms with Gasteiger partial charge in [0, 0.05) is 25.2 Å². The predicted molar refractivity (Wildman–Crippen MR) is 83.6 cm³/mol. The molecule has 2 N–H and O–H groups in total. The van der Waals surface area contributed by atoms with Gasteiger partial charge < -0.3 is 20.3 Å². The molecule has 1 aliphatic heterocycles. The van der Waals surface area contributed by atoms with Crippen LogP contribution in [0.5, 0.6) is 5.75 Å². The number of amides is 1. The van der Waals surface area contributed by atoms with Gasteiger partial charge in [-0.3, -0.25) is 4.79 Å². The van der Waals surface area contributed by atoms with Gasteiger partial charge in [0.2, 0.25) is 0 Å². The van der Waals surface area contributed by atoms with Crippen LogP contribution in [0.15, 0.2) is 24.3 Å². The third kappa shape index (κ3) is 4.44. The molecule has 0 saturated carbocycles. The molecule has 1 aliphatic rings. The van der Waals surface area contributed by atoms with Crippen LogP contribution in [0.3, 0.4) is 0 Å². The highest BCUT2D eigenvalue weighted by molar-refractivity contribution is 5.94. The van der Waals surface area contributed by atoms with Gasteiger partial charge in [0.05, 0.1) is 7.11 Å². The molecule has 0 aromatic heterocycles. The molecule has 2 rings (SSSR count). The van der Waals surface area contributed by atoms with E-state index < -0.39 is 0 Å². The summed E-state index contributed by atoms with van der Waals surface area (Å²) in [4.78, 5) is 16.9. The number of nitrogens with zero attached hydrogens (tertiary/aromatic N) is 2. The normalized spacial score (nSPS) is 16.6. The molecule has 0 radical (unpaired) electrons. The van der Waals surface area contributed by atoms with Crippen LogP contribution in [-0.2, 0) is 0 Å². The first-order chi connectivity index (χ1) is 10.2. The lowest BCUT2D eigenvalue weighted by Gasteiger charge is -2.22. The summed E-state index contributed by atoms with van der Waals surface area (Å²) in [5.41, 5.74) is 6.26. The summed E-state index contributed by atoms with van der Waals surface area (Å²) in [5, 5.41) is 0. The fourth-order valence-electron chi connectivity index (χ4n) is 2.65. The van der Waals surface area contributed by atoms with Gasteiger partial charge in [-0.05, 0) is 50.7 Å². The molecule has 0 spiro atoms. The second kappa shape index (κ2) is 8.00. The Morgan fingerprint density at radius 3 is 2.90 bits per heavy atom. The second-order valence-electron chi connectivity index (χ2n) is 5.36. The van der Waals surface area contributed by atoms with Crippen molar-refractivity contribution in [3.63, 3.8) is 0 Å². The smallest absolute Gasteiger partial charge is 0.254 e. The van der Waals surface area contributed by atoms with Crippen LogP contribution in [0, 0.1) is 0 Å². The van der Waals surface area contributed by atoms with Gasteiger partial charge in [-0.15, -0.1) is 0 Å². The third-order valence-corrected chi connectivity index (χ3v) is 3.87. The van der Waals surface area contributed by atoms with Gasteiger partial charge in [-0.2, -0.15) is 0 Å². The first kappa shape index (κ1) is 15.8. The van der Waals surface area contributed by atoms with E-state index >= 15 is 0 Å². The molecule has 1 heterocycles. The van der Waals surface area contributed by atoms with E-state index in [0.29, 0.717) is 5.56 Å². The zero-order valence-electron chi connectivity index (χ0n) is 12.8. The van der Waals surface area contributed by atoms with Crippen molar-refractivity contribution in [2.45, 2.75) is 12.8 Å². The van der Waals surface area contributed by atoms with E-state index in [9.17, 15) is 4.79 Å².